The normalized spacial score (nSPS) is 18.9. The quantitative estimate of drug-likeness (QED) is 0.594. The van der Waals surface area contributed by atoms with Gasteiger partial charge in [-0.2, -0.15) is 0 Å². The molecule has 1 saturated carbocycles. The van der Waals surface area contributed by atoms with Crippen LogP contribution in [0.1, 0.15) is 31.7 Å². The molecular weight excluding hydrogens is 366 g/mol. The molecule has 152 valence electrons. The number of aromatic nitrogens is 3. The fourth-order valence-electron chi connectivity index (χ4n) is 3.95. The number of aryl methyl sites for hydroxylation is 2. The van der Waals surface area contributed by atoms with Crippen molar-refractivity contribution in [3.63, 3.8) is 0 Å². The highest BCUT2D eigenvalue weighted by Crippen LogP contribution is 2.28. The first-order chi connectivity index (χ1) is 14.0. The van der Waals surface area contributed by atoms with E-state index < -0.39 is 0 Å². The number of aliphatic hydroxyl groups excluding tert-OH is 1. The highest BCUT2D eigenvalue weighted by molar-refractivity contribution is 5.93. The lowest BCUT2D eigenvalue weighted by atomic mass is 10.1. The molecule has 2 atom stereocenters. The Bertz CT molecular complexity index is 1080. The van der Waals surface area contributed by atoms with Gasteiger partial charge in [0, 0.05) is 25.5 Å². The summed E-state index contributed by atoms with van der Waals surface area (Å²) in [5.74, 6) is 2.31. The molecule has 4 rings (SSSR count). The van der Waals surface area contributed by atoms with Crippen molar-refractivity contribution in [1.82, 2.24) is 14.5 Å². The Morgan fingerprint density at radius 1 is 1.24 bits per heavy atom. The first kappa shape index (κ1) is 19.4. The molecule has 1 aliphatic carbocycles. The summed E-state index contributed by atoms with van der Waals surface area (Å²) in [5, 5.41) is 17.9. The number of anilines is 3. The number of nitrogens with zero attached hydrogens (tertiary/aromatic N) is 3. The van der Waals surface area contributed by atoms with Gasteiger partial charge >= 0.3 is 0 Å². The van der Waals surface area contributed by atoms with E-state index in [0.29, 0.717) is 41.8 Å². The molecule has 3 aromatic rings. The highest BCUT2D eigenvalue weighted by atomic mass is 16.3. The van der Waals surface area contributed by atoms with Crippen LogP contribution in [-0.2, 0) is 6.54 Å². The predicted octanol–water partition coefficient (Wildman–Crippen LogP) is 3.44. The van der Waals surface area contributed by atoms with Crippen molar-refractivity contribution in [2.24, 2.45) is 5.92 Å². The van der Waals surface area contributed by atoms with Crippen LogP contribution in [0.5, 0.6) is 0 Å². The topological polar surface area (TPSA) is 92.1 Å². The van der Waals surface area contributed by atoms with E-state index in [1.807, 2.05) is 44.3 Å². The third-order valence-corrected chi connectivity index (χ3v) is 5.54. The standard InChI is InChI=1S/C22H27N5O2/c1-3-27-9-7-16-12-19(25-18-10-14(2)6-8-23-18)26-21(20(16)22(27)29)24-13-15-4-5-17(28)11-15/h6-10,12,15,17,28H,3-5,11,13H2,1-2H3,(H2,23,24,25,26)/t15-,17-/m1/s1. The van der Waals surface area contributed by atoms with Crippen LogP contribution in [0.3, 0.4) is 0 Å². The Labute approximate surface area is 169 Å². The molecule has 0 radical (unpaired) electrons. The van der Waals surface area contributed by atoms with Gasteiger partial charge in [0.15, 0.2) is 0 Å². The highest BCUT2D eigenvalue weighted by Gasteiger charge is 2.23. The van der Waals surface area contributed by atoms with Crippen LogP contribution in [0.15, 0.2) is 41.5 Å². The van der Waals surface area contributed by atoms with E-state index in [9.17, 15) is 9.90 Å². The first-order valence-electron chi connectivity index (χ1n) is 10.2. The predicted molar refractivity (Wildman–Crippen MR) is 116 cm³/mol. The average molecular weight is 393 g/mol. The summed E-state index contributed by atoms with van der Waals surface area (Å²) in [6.07, 6.45) is 5.96. The van der Waals surface area contributed by atoms with E-state index in [4.69, 9.17) is 4.98 Å². The number of hydrogen-bond donors (Lipinski definition) is 3. The zero-order valence-electron chi connectivity index (χ0n) is 16.9. The lowest BCUT2D eigenvalue weighted by molar-refractivity contribution is 0.178. The van der Waals surface area contributed by atoms with Crippen molar-refractivity contribution in [1.29, 1.82) is 0 Å². The van der Waals surface area contributed by atoms with E-state index >= 15 is 0 Å². The summed E-state index contributed by atoms with van der Waals surface area (Å²) in [6, 6.07) is 7.72. The van der Waals surface area contributed by atoms with Crippen molar-refractivity contribution in [3.05, 3.63) is 52.6 Å². The van der Waals surface area contributed by atoms with Gasteiger partial charge in [0.05, 0.1) is 11.5 Å². The van der Waals surface area contributed by atoms with Gasteiger partial charge in [0.2, 0.25) is 0 Å². The minimum Gasteiger partial charge on any atom is -0.393 e. The van der Waals surface area contributed by atoms with Gasteiger partial charge in [-0.1, -0.05) is 0 Å². The van der Waals surface area contributed by atoms with Gasteiger partial charge in [-0.3, -0.25) is 4.79 Å². The molecule has 1 fully saturated rings. The van der Waals surface area contributed by atoms with Crippen LogP contribution >= 0.6 is 0 Å². The molecule has 0 aliphatic heterocycles. The summed E-state index contributed by atoms with van der Waals surface area (Å²) in [7, 11) is 0. The maximum Gasteiger partial charge on any atom is 0.262 e. The van der Waals surface area contributed by atoms with Crippen LogP contribution in [0.25, 0.3) is 10.8 Å². The van der Waals surface area contributed by atoms with Crippen molar-refractivity contribution in [2.45, 2.75) is 45.8 Å². The molecule has 0 amide bonds. The summed E-state index contributed by atoms with van der Waals surface area (Å²) < 4.78 is 1.68. The van der Waals surface area contributed by atoms with Crippen LogP contribution in [0.2, 0.25) is 0 Å². The molecule has 3 aromatic heterocycles. The molecule has 3 N–H and O–H groups in total. The molecule has 3 heterocycles. The summed E-state index contributed by atoms with van der Waals surface area (Å²) in [4.78, 5) is 22.0. The maximum absolute atomic E-state index is 13.0. The molecule has 0 bridgehead atoms. The minimum absolute atomic E-state index is 0.0494. The molecule has 0 spiro atoms. The van der Waals surface area contributed by atoms with E-state index in [-0.39, 0.29) is 11.7 Å². The van der Waals surface area contributed by atoms with E-state index in [0.717, 1.165) is 30.2 Å². The minimum atomic E-state index is -0.218. The van der Waals surface area contributed by atoms with Crippen molar-refractivity contribution >= 4 is 28.2 Å². The number of rotatable bonds is 6. The Morgan fingerprint density at radius 3 is 2.83 bits per heavy atom. The average Bonchev–Trinajstić information content (AvgIpc) is 3.11. The first-order valence-corrected chi connectivity index (χ1v) is 10.2. The third kappa shape index (κ3) is 4.24. The zero-order chi connectivity index (χ0) is 20.4. The second-order valence-corrected chi connectivity index (χ2v) is 7.78. The lowest BCUT2D eigenvalue weighted by Crippen LogP contribution is -2.21. The van der Waals surface area contributed by atoms with Gasteiger partial charge in [0.25, 0.3) is 5.56 Å². The van der Waals surface area contributed by atoms with Gasteiger partial charge in [0.1, 0.15) is 17.5 Å². The van der Waals surface area contributed by atoms with Gasteiger partial charge in [-0.25, -0.2) is 9.97 Å². The Balaban J connectivity index is 1.71. The van der Waals surface area contributed by atoms with Crippen LogP contribution < -0.4 is 16.2 Å². The Kier molecular flexibility index (Phi) is 5.49. The molecule has 29 heavy (non-hydrogen) atoms. The SMILES string of the molecule is CCn1ccc2cc(Nc3cc(C)ccn3)nc(NC[C@@H]3CC[C@@H](O)C3)c2c1=O. The number of pyridine rings is 3. The second-order valence-electron chi connectivity index (χ2n) is 7.78. The van der Waals surface area contributed by atoms with Crippen LogP contribution in [0, 0.1) is 12.8 Å². The van der Waals surface area contributed by atoms with Crippen LogP contribution in [-0.4, -0.2) is 32.3 Å². The fourth-order valence-corrected chi connectivity index (χ4v) is 3.95. The van der Waals surface area contributed by atoms with E-state index in [1.54, 1.807) is 10.8 Å². The Hall–Kier alpha value is -2.93. The monoisotopic (exact) mass is 393 g/mol. The molecule has 0 aromatic carbocycles. The van der Waals surface area contributed by atoms with Crippen molar-refractivity contribution in [2.75, 3.05) is 17.2 Å². The maximum atomic E-state index is 13.0. The molecule has 0 unspecified atom stereocenters. The summed E-state index contributed by atoms with van der Waals surface area (Å²) in [5.41, 5.74) is 1.05. The van der Waals surface area contributed by atoms with Crippen molar-refractivity contribution < 1.29 is 5.11 Å². The van der Waals surface area contributed by atoms with Gasteiger partial charge < -0.3 is 20.3 Å². The summed E-state index contributed by atoms with van der Waals surface area (Å²) >= 11 is 0. The fraction of sp³-hybridized carbons (Fsp3) is 0.409. The molecular formula is C22H27N5O2. The third-order valence-electron chi connectivity index (χ3n) is 5.54. The largest absolute Gasteiger partial charge is 0.393 e. The molecule has 1 aliphatic rings. The number of aliphatic hydroxyl groups is 1. The van der Waals surface area contributed by atoms with E-state index in [1.165, 1.54) is 0 Å². The summed E-state index contributed by atoms with van der Waals surface area (Å²) in [6.45, 7) is 5.26. The number of hydrogen-bond acceptors (Lipinski definition) is 6. The van der Waals surface area contributed by atoms with Crippen molar-refractivity contribution in [3.8, 4) is 0 Å². The van der Waals surface area contributed by atoms with Crippen LogP contribution in [0.4, 0.5) is 17.5 Å². The second kappa shape index (κ2) is 8.21. The smallest absolute Gasteiger partial charge is 0.262 e. The lowest BCUT2D eigenvalue weighted by Gasteiger charge is -2.16. The molecule has 0 saturated heterocycles. The van der Waals surface area contributed by atoms with Gasteiger partial charge in [-0.15, -0.1) is 0 Å². The van der Waals surface area contributed by atoms with E-state index in [2.05, 4.69) is 15.6 Å². The van der Waals surface area contributed by atoms with Gasteiger partial charge in [-0.05, 0) is 74.2 Å². The molecule has 7 nitrogen and oxygen atoms in total. The Morgan fingerprint density at radius 2 is 2.10 bits per heavy atom. The molecule has 7 heteroatoms. The number of nitrogens with one attached hydrogen (secondary N) is 2. The zero-order valence-corrected chi connectivity index (χ0v) is 16.9. The number of fused-ring (bicyclic) bond motifs is 1.